The first-order valence-corrected chi connectivity index (χ1v) is 12.9. The number of nitrogens with zero attached hydrogens (tertiary/aromatic N) is 1. The fraction of sp³-hybridized carbons (Fsp3) is 0.412. The fourth-order valence-electron chi connectivity index (χ4n) is 2.08. The zero-order valence-corrected chi connectivity index (χ0v) is 25.5. The van der Waals surface area contributed by atoms with Crippen LogP contribution < -0.4 is 0 Å². The van der Waals surface area contributed by atoms with E-state index in [0.717, 1.165) is 22.6 Å². The van der Waals surface area contributed by atoms with Crippen molar-refractivity contribution < 1.29 is 4.52 Å². The minimum atomic E-state index is 0.0846. The van der Waals surface area contributed by atoms with Crippen LogP contribution in [0.4, 0.5) is 0 Å². The minimum absolute atomic E-state index is 0.0846. The standard InChI is InChI=1S/C9H10.C8H13NO.C8H10.C5H8.2C2H6/c1-8(2)9-6-4-3-5-7-9;1-6-5-7(10-9-6)8(2,3)4;1-7-3-5-8(2)6-4-7;1-4-5(2)3;2*1-2/h3-7H,1H2,2H3;5H,1-4H3;3-6H,1-2H3;1H2,2-3H3;2*1-2H3. The molecule has 0 aliphatic rings. The van der Waals surface area contributed by atoms with Crippen molar-refractivity contribution in [2.75, 3.05) is 0 Å². The molecule has 0 atom stereocenters. The van der Waals surface area contributed by atoms with E-state index in [2.05, 4.69) is 95.1 Å². The SMILES string of the molecule is C=C(C)c1ccccc1.C=C=C(C)C.CC.CC.Cc1cc(C(C)(C)C)on1.Cc1ccc(C)cc1. The van der Waals surface area contributed by atoms with E-state index in [4.69, 9.17) is 4.52 Å². The van der Waals surface area contributed by atoms with Crippen LogP contribution in [0, 0.1) is 20.8 Å². The van der Waals surface area contributed by atoms with E-state index < -0.39 is 0 Å². The van der Waals surface area contributed by atoms with E-state index in [-0.39, 0.29) is 5.41 Å². The van der Waals surface area contributed by atoms with Crippen LogP contribution in [0.1, 0.15) is 97.4 Å². The molecule has 3 rings (SSSR count). The predicted octanol–water partition coefficient (Wildman–Crippen LogP) is 11.1. The molecule has 0 amide bonds. The average Bonchev–Trinajstić information content (AvgIpc) is 3.32. The molecule has 0 fully saturated rings. The maximum absolute atomic E-state index is 5.08. The molecule has 3 aromatic rings. The van der Waals surface area contributed by atoms with E-state index in [1.54, 1.807) is 0 Å². The van der Waals surface area contributed by atoms with Crippen LogP contribution in [0.15, 0.2) is 89.6 Å². The highest BCUT2D eigenvalue weighted by Crippen LogP contribution is 2.21. The van der Waals surface area contributed by atoms with Gasteiger partial charge in [-0.25, -0.2) is 0 Å². The predicted molar refractivity (Wildman–Crippen MR) is 164 cm³/mol. The Hall–Kier alpha value is -3.09. The molecule has 0 spiro atoms. The molecule has 2 heteroatoms. The molecule has 0 unspecified atom stereocenters. The number of aryl methyl sites for hydroxylation is 3. The second-order valence-electron chi connectivity index (χ2n) is 9.06. The number of allylic oxidation sites excluding steroid dienone is 2. The van der Waals surface area contributed by atoms with Crippen molar-refractivity contribution in [1.29, 1.82) is 0 Å². The van der Waals surface area contributed by atoms with Crippen LogP contribution in [0.5, 0.6) is 0 Å². The quantitative estimate of drug-likeness (QED) is 0.316. The molecule has 0 aliphatic carbocycles. The summed E-state index contributed by atoms with van der Waals surface area (Å²) < 4.78 is 5.08. The van der Waals surface area contributed by atoms with Gasteiger partial charge < -0.3 is 4.52 Å². The first-order chi connectivity index (χ1) is 16.9. The first kappa shape index (κ1) is 37.5. The second kappa shape index (κ2) is 22.4. The Labute approximate surface area is 223 Å². The third-order valence-electron chi connectivity index (χ3n) is 4.21. The van der Waals surface area contributed by atoms with Gasteiger partial charge in [-0.2, -0.15) is 0 Å². The van der Waals surface area contributed by atoms with Gasteiger partial charge >= 0.3 is 0 Å². The third-order valence-corrected chi connectivity index (χ3v) is 4.21. The highest BCUT2D eigenvalue weighted by atomic mass is 16.5. The van der Waals surface area contributed by atoms with Crippen molar-refractivity contribution in [3.63, 3.8) is 0 Å². The summed E-state index contributed by atoms with van der Waals surface area (Å²) in [4.78, 5) is 0. The maximum atomic E-state index is 5.08. The monoisotopic (exact) mass is 491 g/mol. The molecule has 2 nitrogen and oxygen atoms in total. The van der Waals surface area contributed by atoms with E-state index >= 15 is 0 Å². The lowest BCUT2D eigenvalue weighted by molar-refractivity contribution is 0.327. The molecule has 1 heterocycles. The van der Waals surface area contributed by atoms with E-state index in [1.165, 1.54) is 16.7 Å². The highest BCUT2D eigenvalue weighted by Gasteiger charge is 2.18. The van der Waals surface area contributed by atoms with Gasteiger partial charge in [-0.1, -0.05) is 138 Å². The van der Waals surface area contributed by atoms with Crippen LogP contribution in [0.2, 0.25) is 0 Å². The lowest BCUT2D eigenvalue weighted by Crippen LogP contribution is -2.09. The molecule has 2 aromatic carbocycles. The Balaban J connectivity index is -0.000000393. The van der Waals surface area contributed by atoms with Crippen LogP contribution in [-0.4, -0.2) is 5.16 Å². The second-order valence-corrected chi connectivity index (χ2v) is 9.06. The maximum Gasteiger partial charge on any atom is 0.142 e. The van der Waals surface area contributed by atoms with Crippen LogP contribution in [0.25, 0.3) is 5.57 Å². The molecular weight excluding hydrogens is 438 g/mol. The van der Waals surface area contributed by atoms with Gasteiger partial charge in [0.15, 0.2) is 0 Å². The fourth-order valence-corrected chi connectivity index (χ4v) is 2.08. The van der Waals surface area contributed by atoms with Gasteiger partial charge in [0.25, 0.3) is 0 Å². The number of benzene rings is 2. The highest BCUT2D eigenvalue weighted by molar-refractivity contribution is 5.60. The Kier molecular flexibility index (Phi) is 23.3. The number of rotatable bonds is 1. The summed E-state index contributed by atoms with van der Waals surface area (Å²) in [5.41, 5.74) is 9.87. The third kappa shape index (κ3) is 21.4. The summed E-state index contributed by atoms with van der Waals surface area (Å²) in [6.07, 6.45) is 0. The smallest absolute Gasteiger partial charge is 0.142 e. The summed E-state index contributed by atoms with van der Waals surface area (Å²) in [6.45, 7) is 33.6. The van der Waals surface area contributed by atoms with Crippen molar-refractivity contribution in [2.24, 2.45) is 0 Å². The van der Waals surface area contributed by atoms with Gasteiger partial charge in [-0.05, 0) is 52.7 Å². The van der Waals surface area contributed by atoms with Gasteiger partial charge in [0, 0.05) is 11.5 Å². The lowest BCUT2D eigenvalue weighted by atomic mass is 9.93. The summed E-state index contributed by atoms with van der Waals surface area (Å²) >= 11 is 0. The molecule has 0 saturated heterocycles. The van der Waals surface area contributed by atoms with Crippen molar-refractivity contribution in [1.82, 2.24) is 5.16 Å². The van der Waals surface area contributed by atoms with Gasteiger partial charge in [-0.3, -0.25) is 0 Å². The Morgan fingerprint density at radius 2 is 1.17 bits per heavy atom. The molecular formula is C34H53NO. The zero-order chi connectivity index (χ0) is 28.7. The largest absolute Gasteiger partial charge is 0.361 e. The molecule has 0 N–H and O–H groups in total. The number of aromatic nitrogens is 1. The minimum Gasteiger partial charge on any atom is -0.361 e. The van der Waals surface area contributed by atoms with E-state index in [9.17, 15) is 0 Å². The van der Waals surface area contributed by atoms with Gasteiger partial charge in [0.1, 0.15) is 5.76 Å². The summed E-state index contributed by atoms with van der Waals surface area (Å²) in [7, 11) is 0. The summed E-state index contributed by atoms with van der Waals surface area (Å²) in [5, 5.41) is 3.81. The van der Waals surface area contributed by atoms with Gasteiger partial charge in [0.05, 0.1) is 5.69 Å². The van der Waals surface area contributed by atoms with Gasteiger partial charge in [0.2, 0.25) is 0 Å². The van der Waals surface area contributed by atoms with Crippen LogP contribution in [0.3, 0.4) is 0 Å². The van der Waals surface area contributed by atoms with Crippen molar-refractivity contribution in [3.05, 3.63) is 113 Å². The topological polar surface area (TPSA) is 26.0 Å². The number of hydrogen-bond acceptors (Lipinski definition) is 2. The normalized spacial score (nSPS) is 8.81. The molecule has 36 heavy (non-hydrogen) atoms. The Morgan fingerprint density at radius 3 is 1.36 bits per heavy atom. The van der Waals surface area contributed by atoms with Crippen LogP contribution >= 0.6 is 0 Å². The summed E-state index contributed by atoms with van der Waals surface area (Å²) in [5.74, 6) is 0.949. The molecule has 0 aliphatic heterocycles. The van der Waals surface area contributed by atoms with Crippen LogP contribution in [-0.2, 0) is 5.41 Å². The zero-order valence-electron chi connectivity index (χ0n) is 25.5. The van der Waals surface area contributed by atoms with Crippen molar-refractivity contribution in [2.45, 2.75) is 95.4 Å². The molecule has 0 saturated carbocycles. The van der Waals surface area contributed by atoms with Crippen molar-refractivity contribution >= 4 is 5.57 Å². The summed E-state index contributed by atoms with van der Waals surface area (Å²) in [6, 6.07) is 20.6. The molecule has 0 radical (unpaired) electrons. The Bertz CT molecular complexity index is 939. The van der Waals surface area contributed by atoms with Gasteiger partial charge in [-0.15, -0.1) is 5.73 Å². The van der Waals surface area contributed by atoms with Crippen molar-refractivity contribution in [3.8, 4) is 0 Å². The average molecular weight is 492 g/mol. The van der Waals surface area contributed by atoms with E-state index in [1.807, 2.05) is 79.7 Å². The first-order valence-electron chi connectivity index (χ1n) is 12.9. The lowest BCUT2D eigenvalue weighted by Gasteiger charge is -2.11. The molecule has 200 valence electrons. The Morgan fingerprint density at radius 1 is 0.778 bits per heavy atom. The molecule has 1 aromatic heterocycles. The van der Waals surface area contributed by atoms with E-state index in [0.29, 0.717) is 0 Å². The number of hydrogen-bond donors (Lipinski definition) is 0. The molecule has 0 bridgehead atoms.